The summed E-state index contributed by atoms with van der Waals surface area (Å²) >= 11 is 12.3. The van der Waals surface area contributed by atoms with Gasteiger partial charge in [0.2, 0.25) is 5.91 Å². The van der Waals surface area contributed by atoms with Crippen LogP contribution in [0.4, 0.5) is 5.69 Å². The van der Waals surface area contributed by atoms with Crippen molar-refractivity contribution in [2.45, 2.75) is 0 Å². The predicted octanol–water partition coefficient (Wildman–Crippen LogP) is 4.21. The zero-order chi connectivity index (χ0) is 23.4. The Morgan fingerprint density at radius 3 is 2.30 bits per heavy atom. The van der Waals surface area contributed by atoms with Crippen molar-refractivity contribution in [3.63, 3.8) is 0 Å². The van der Waals surface area contributed by atoms with Crippen molar-refractivity contribution in [3.8, 4) is 0 Å². The first kappa shape index (κ1) is 22.9. The molecule has 1 aliphatic heterocycles. The lowest BCUT2D eigenvalue weighted by atomic mass is 10.0. The fourth-order valence-electron chi connectivity index (χ4n) is 3.65. The number of carbonyl (C=O) groups excluding carboxylic acids is 3. The number of rotatable bonds is 6. The third kappa shape index (κ3) is 5.21. The summed E-state index contributed by atoms with van der Waals surface area (Å²) in [5.41, 5.74) is 1.18. The molecule has 1 aromatic heterocycles. The van der Waals surface area contributed by atoms with Gasteiger partial charge in [-0.05, 0) is 42.5 Å². The van der Waals surface area contributed by atoms with Gasteiger partial charge in [0.05, 0.1) is 17.8 Å². The van der Waals surface area contributed by atoms with Crippen molar-refractivity contribution in [1.29, 1.82) is 0 Å². The molecule has 1 aliphatic rings. The van der Waals surface area contributed by atoms with Crippen LogP contribution < -0.4 is 5.32 Å². The molecule has 0 unspecified atom stereocenters. The standard InChI is InChI=1S/C24H21Cl2N3O4/c25-16-7-8-20(18(14-16)23(31)17-4-1-2-5-19(17)26)27-15-22(30)28-9-11-29(12-10-28)24(32)21-6-3-13-33-21/h1-8,13-14,27H,9-12,15H2. The average Bonchev–Trinajstić information content (AvgIpc) is 3.37. The Hall–Kier alpha value is -3.29. The van der Waals surface area contributed by atoms with E-state index in [1.54, 1.807) is 64.4 Å². The lowest BCUT2D eigenvalue weighted by molar-refractivity contribution is -0.130. The highest BCUT2D eigenvalue weighted by atomic mass is 35.5. The van der Waals surface area contributed by atoms with Crippen LogP contribution in [-0.4, -0.2) is 60.1 Å². The molecule has 33 heavy (non-hydrogen) atoms. The minimum atomic E-state index is -0.289. The molecule has 0 bridgehead atoms. The highest BCUT2D eigenvalue weighted by Gasteiger charge is 2.26. The van der Waals surface area contributed by atoms with E-state index in [0.717, 1.165) is 0 Å². The minimum Gasteiger partial charge on any atom is -0.459 e. The van der Waals surface area contributed by atoms with Crippen LogP contribution in [0.2, 0.25) is 10.0 Å². The Morgan fingerprint density at radius 2 is 1.61 bits per heavy atom. The average molecular weight is 486 g/mol. The predicted molar refractivity (Wildman–Crippen MR) is 126 cm³/mol. The quantitative estimate of drug-likeness (QED) is 0.528. The number of nitrogens with zero attached hydrogens (tertiary/aromatic N) is 2. The van der Waals surface area contributed by atoms with E-state index in [2.05, 4.69) is 5.32 Å². The summed E-state index contributed by atoms with van der Waals surface area (Å²) in [6.45, 7) is 1.67. The third-order valence-electron chi connectivity index (χ3n) is 5.43. The maximum Gasteiger partial charge on any atom is 0.289 e. The normalized spacial score (nSPS) is 13.6. The molecule has 0 radical (unpaired) electrons. The van der Waals surface area contributed by atoms with Crippen LogP contribution in [0.15, 0.2) is 65.3 Å². The summed E-state index contributed by atoms with van der Waals surface area (Å²) in [6, 6.07) is 14.9. The molecule has 2 aromatic carbocycles. The molecular formula is C24H21Cl2N3O4. The molecule has 0 spiro atoms. The lowest BCUT2D eigenvalue weighted by Gasteiger charge is -2.34. The maximum atomic E-state index is 13.1. The fraction of sp³-hybridized carbons (Fsp3) is 0.208. The Balaban J connectivity index is 1.39. The van der Waals surface area contributed by atoms with E-state index in [9.17, 15) is 14.4 Å². The van der Waals surface area contributed by atoms with E-state index in [4.69, 9.17) is 27.6 Å². The van der Waals surface area contributed by atoms with Crippen molar-refractivity contribution in [1.82, 2.24) is 9.80 Å². The molecule has 2 amide bonds. The molecule has 1 saturated heterocycles. The van der Waals surface area contributed by atoms with Gasteiger partial charge in [-0.1, -0.05) is 35.3 Å². The second kappa shape index (κ2) is 10.1. The van der Waals surface area contributed by atoms with Gasteiger partial charge in [0, 0.05) is 48.0 Å². The lowest BCUT2D eigenvalue weighted by Crippen LogP contribution is -2.51. The zero-order valence-corrected chi connectivity index (χ0v) is 19.1. The summed E-state index contributed by atoms with van der Waals surface area (Å²) in [5, 5.41) is 3.80. The molecule has 0 atom stereocenters. The largest absolute Gasteiger partial charge is 0.459 e. The molecular weight excluding hydrogens is 465 g/mol. The number of hydrogen-bond acceptors (Lipinski definition) is 5. The van der Waals surface area contributed by atoms with E-state index < -0.39 is 0 Å². The Morgan fingerprint density at radius 1 is 0.879 bits per heavy atom. The molecule has 1 N–H and O–H groups in total. The molecule has 1 fully saturated rings. The summed E-state index contributed by atoms with van der Waals surface area (Å²) in [6.07, 6.45) is 1.46. The van der Waals surface area contributed by atoms with Crippen LogP contribution in [0.1, 0.15) is 26.5 Å². The van der Waals surface area contributed by atoms with E-state index in [1.165, 1.54) is 6.26 Å². The number of carbonyl (C=O) groups is 3. The van der Waals surface area contributed by atoms with Crippen LogP contribution in [0.3, 0.4) is 0 Å². The van der Waals surface area contributed by atoms with E-state index in [1.807, 2.05) is 0 Å². The summed E-state index contributed by atoms with van der Waals surface area (Å²) in [7, 11) is 0. The van der Waals surface area contributed by atoms with Gasteiger partial charge < -0.3 is 19.5 Å². The van der Waals surface area contributed by atoms with Crippen LogP contribution in [0.5, 0.6) is 0 Å². The van der Waals surface area contributed by atoms with Crippen molar-refractivity contribution >= 4 is 46.5 Å². The molecule has 2 heterocycles. The number of piperazine rings is 1. The molecule has 0 saturated carbocycles. The van der Waals surface area contributed by atoms with Gasteiger partial charge in [-0.25, -0.2) is 0 Å². The van der Waals surface area contributed by atoms with Gasteiger partial charge >= 0.3 is 0 Å². The molecule has 0 aliphatic carbocycles. The Bertz CT molecular complexity index is 1170. The fourth-order valence-corrected chi connectivity index (χ4v) is 4.04. The van der Waals surface area contributed by atoms with Crippen LogP contribution in [0.25, 0.3) is 0 Å². The van der Waals surface area contributed by atoms with Crippen molar-refractivity contribution in [2.24, 2.45) is 0 Å². The molecule has 9 heteroatoms. The van der Waals surface area contributed by atoms with E-state index in [-0.39, 0.29) is 29.9 Å². The highest BCUT2D eigenvalue weighted by molar-refractivity contribution is 6.35. The third-order valence-corrected chi connectivity index (χ3v) is 5.99. The summed E-state index contributed by atoms with van der Waals surface area (Å²) in [4.78, 5) is 41.5. The highest BCUT2D eigenvalue weighted by Crippen LogP contribution is 2.26. The maximum absolute atomic E-state index is 13.1. The molecule has 170 valence electrons. The van der Waals surface area contributed by atoms with E-state index >= 15 is 0 Å². The number of hydrogen-bond donors (Lipinski definition) is 1. The Kier molecular flexibility index (Phi) is 7.01. The van der Waals surface area contributed by atoms with Gasteiger partial charge in [0.25, 0.3) is 5.91 Å². The number of anilines is 1. The van der Waals surface area contributed by atoms with Gasteiger partial charge in [-0.3, -0.25) is 14.4 Å². The van der Waals surface area contributed by atoms with Crippen LogP contribution in [-0.2, 0) is 4.79 Å². The first-order chi connectivity index (χ1) is 15.9. The number of ketones is 1. The monoisotopic (exact) mass is 485 g/mol. The first-order valence-electron chi connectivity index (χ1n) is 10.4. The van der Waals surface area contributed by atoms with Crippen LogP contribution >= 0.6 is 23.2 Å². The second-order valence-electron chi connectivity index (χ2n) is 7.50. The molecule has 4 rings (SSSR count). The SMILES string of the molecule is O=C(c1ccccc1Cl)c1cc(Cl)ccc1NCC(=O)N1CCN(C(=O)c2ccco2)CC1. The van der Waals surface area contributed by atoms with Crippen LogP contribution in [0, 0.1) is 0 Å². The van der Waals surface area contributed by atoms with Gasteiger partial charge in [0.15, 0.2) is 11.5 Å². The molecule has 7 nitrogen and oxygen atoms in total. The van der Waals surface area contributed by atoms with Crippen molar-refractivity contribution < 1.29 is 18.8 Å². The smallest absolute Gasteiger partial charge is 0.289 e. The zero-order valence-electron chi connectivity index (χ0n) is 17.6. The summed E-state index contributed by atoms with van der Waals surface area (Å²) < 4.78 is 5.16. The molecule has 3 aromatic rings. The number of halogens is 2. The van der Waals surface area contributed by atoms with Gasteiger partial charge in [0.1, 0.15) is 0 Å². The number of nitrogens with one attached hydrogen (secondary N) is 1. The minimum absolute atomic E-state index is 0.00341. The Labute approximate surface area is 200 Å². The summed E-state index contributed by atoms with van der Waals surface area (Å²) in [5.74, 6) is -0.321. The van der Waals surface area contributed by atoms with Crippen molar-refractivity contribution in [3.05, 3.63) is 87.8 Å². The number of benzene rings is 2. The topological polar surface area (TPSA) is 82.9 Å². The van der Waals surface area contributed by atoms with Crippen molar-refractivity contribution in [2.75, 3.05) is 38.0 Å². The van der Waals surface area contributed by atoms with Gasteiger partial charge in [-0.2, -0.15) is 0 Å². The first-order valence-corrected chi connectivity index (χ1v) is 11.1. The number of amides is 2. The number of furan rings is 1. The van der Waals surface area contributed by atoms with Gasteiger partial charge in [-0.15, -0.1) is 0 Å². The van der Waals surface area contributed by atoms with E-state index in [0.29, 0.717) is 53.0 Å². The second-order valence-corrected chi connectivity index (χ2v) is 8.35.